The van der Waals surface area contributed by atoms with Gasteiger partial charge in [-0.15, -0.1) is 11.3 Å². The van der Waals surface area contributed by atoms with Gasteiger partial charge < -0.3 is 14.6 Å². The molecule has 1 atom stereocenters. The molecule has 1 heterocycles. The Balaban J connectivity index is 1.55. The summed E-state index contributed by atoms with van der Waals surface area (Å²) in [7, 11) is 0. The molecule has 176 valence electrons. The average Bonchev–Trinajstić information content (AvgIpc) is 3.23. The number of carboxylic acids is 1. The van der Waals surface area contributed by atoms with Crippen molar-refractivity contribution in [3.8, 4) is 16.3 Å². The van der Waals surface area contributed by atoms with Gasteiger partial charge in [0.1, 0.15) is 5.01 Å². The summed E-state index contributed by atoms with van der Waals surface area (Å²) >= 11 is 1.30. The number of carbonyl (C=O) groups is 1. The summed E-state index contributed by atoms with van der Waals surface area (Å²) in [4.78, 5) is 15.6. The van der Waals surface area contributed by atoms with Gasteiger partial charge in [-0.25, -0.2) is 14.2 Å². The van der Waals surface area contributed by atoms with E-state index in [4.69, 9.17) is 14.6 Å². The Morgan fingerprint density at radius 3 is 2.52 bits per heavy atom. The van der Waals surface area contributed by atoms with Crippen LogP contribution in [0.1, 0.15) is 23.7 Å². The lowest BCUT2D eigenvalue weighted by atomic mass is 10.1. The quantitative estimate of drug-likeness (QED) is 0.379. The molecule has 0 spiro atoms. The Morgan fingerprint density at radius 1 is 1.18 bits per heavy atom. The van der Waals surface area contributed by atoms with E-state index in [9.17, 15) is 22.4 Å². The van der Waals surface area contributed by atoms with E-state index in [0.29, 0.717) is 28.2 Å². The molecule has 1 unspecified atom stereocenters. The van der Waals surface area contributed by atoms with Crippen molar-refractivity contribution < 1.29 is 36.9 Å². The van der Waals surface area contributed by atoms with E-state index in [-0.39, 0.29) is 25.4 Å². The van der Waals surface area contributed by atoms with Crippen molar-refractivity contribution in [3.05, 3.63) is 70.5 Å². The van der Waals surface area contributed by atoms with E-state index in [0.717, 1.165) is 12.1 Å². The van der Waals surface area contributed by atoms with Crippen molar-refractivity contribution in [3.63, 3.8) is 0 Å². The van der Waals surface area contributed by atoms with Gasteiger partial charge in [-0.1, -0.05) is 18.2 Å². The largest absolute Gasteiger partial charge is 0.490 e. The Labute approximate surface area is 191 Å². The molecule has 10 heteroatoms. The highest BCUT2D eigenvalue weighted by Crippen LogP contribution is 2.32. The van der Waals surface area contributed by atoms with Gasteiger partial charge >= 0.3 is 12.1 Å². The summed E-state index contributed by atoms with van der Waals surface area (Å²) in [5, 5.41) is 11.5. The van der Waals surface area contributed by atoms with E-state index in [1.807, 2.05) is 0 Å². The maximum Gasteiger partial charge on any atom is 0.416 e. The first-order valence-electron chi connectivity index (χ1n) is 10.0. The van der Waals surface area contributed by atoms with Gasteiger partial charge in [0.05, 0.1) is 17.9 Å². The third-order valence-electron chi connectivity index (χ3n) is 4.69. The lowest BCUT2D eigenvalue weighted by Gasteiger charge is -2.13. The first-order valence-corrected chi connectivity index (χ1v) is 10.9. The fourth-order valence-corrected chi connectivity index (χ4v) is 3.90. The van der Waals surface area contributed by atoms with Gasteiger partial charge in [-0.3, -0.25) is 0 Å². The van der Waals surface area contributed by atoms with Crippen molar-refractivity contribution in [2.24, 2.45) is 0 Å². The SMILES string of the molecule is CCOC(Cc1ccc(OCCc2csc(-c3ccc(C(F)(F)F)cc3)n2)c(F)c1)C(=O)O. The van der Waals surface area contributed by atoms with Crippen LogP contribution in [0.2, 0.25) is 0 Å². The molecule has 0 bridgehead atoms. The summed E-state index contributed by atoms with van der Waals surface area (Å²) < 4.78 is 63.0. The number of alkyl halides is 3. The number of benzene rings is 2. The predicted molar refractivity (Wildman–Crippen MR) is 115 cm³/mol. The maximum absolute atomic E-state index is 14.3. The molecule has 3 rings (SSSR count). The van der Waals surface area contributed by atoms with Crippen molar-refractivity contribution >= 4 is 17.3 Å². The Hall–Kier alpha value is -2.98. The van der Waals surface area contributed by atoms with Gasteiger partial charge in [-0.2, -0.15) is 13.2 Å². The van der Waals surface area contributed by atoms with Crippen LogP contribution in [0, 0.1) is 5.82 Å². The monoisotopic (exact) mass is 483 g/mol. The Bertz CT molecular complexity index is 1080. The number of halogens is 4. The van der Waals surface area contributed by atoms with Crippen LogP contribution in [0.3, 0.4) is 0 Å². The second-order valence-electron chi connectivity index (χ2n) is 7.07. The van der Waals surface area contributed by atoms with E-state index in [1.54, 1.807) is 18.4 Å². The van der Waals surface area contributed by atoms with Gasteiger partial charge in [0, 0.05) is 30.4 Å². The highest BCUT2D eigenvalue weighted by molar-refractivity contribution is 7.13. The number of nitrogens with zero attached hydrogens (tertiary/aromatic N) is 1. The van der Waals surface area contributed by atoms with Crippen LogP contribution in [-0.2, 0) is 28.5 Å². The van der Waals surface area contributed by atoms with Gasteiger partial charge in [0.25, 0.3) is 0 Å². The molecule has 0 aliphatic carbocycles. The molecule has 1 N–H and O–H groups in total. The minimum absolute atomic E-state index is 0.0280. The van der Waals surface area contributed by atoms with Gasteiger partial charge in [0.2, 0.25) is 0 Å². The average molecular weight is 483 g/mol. The molecule has 0 aliphatic rings. The van der Waals surface area contributed by atoms with Crippen molar-refractivity contribution in [2.75, 3.05) is 13.2 Å². The van der Waals surface area contributed by atoms with E-state index >= 15 is 0 Å². The first-order chi connectivity index (χ1) is 15.7. The Morgan fingerprint density at radius 2 is 1.91 bits per heavy atom. The van der Waals surface area contributed by atoms with Crippen molar-refractivity contribution in [2.45, 2.75) is 32.0 Å². The standard InChI is InChI=1S/C23H21F4NO4S/c1-2-31-20(22(29)30)12-14-3-8-19(18(24)11-14)32-10-9-17-13-33-21(28-17)15-4-6-16(7-5-15)23(25,26)27/h3-8,11,13,20H,2,9-10,12H2,1H3,(H,29,30). The van der Waals surface area contributed by atoms with Crippen LogP contribution >= 0.6 is 11.3 Å². The molecule has 0 fully saturated rings. The summed E-state index contributed by atoms with van der Waals surface area (Å²) in [6, 6.07) is 9.01. The van der Waals surface area contributed by atoms with Crippen molar-refractivity contribution in [1.29, 1.82) is 0 Å². The van der Waals surface area contributed by atoms with Crippen LogP contribution in [0.15, 0.2) is 47.8 Å². The predicted octanol–water partition coefficient (Wildman–Crippen LogP) is 5.62. The third kappa shape index (κ3) is 6.75. The molecule has 0 radical (unpaired) electrons. The smallest absolute Gasteiger partial charge is 0.416 e. The van der Waals surface area contributed by atoms with Crippen molar-refractivity contribution in [1.82, 2.24) is 4.98 Å². The van der Waals surface area contributed by atoms with Crippen LogP contribution in [0.4, 0.5) is 17.6 Å². The number of thiazole rings is 1. The molecular weight excluding hydrogens is 462 g/mol. The molecular formula is C23H21F4NO4S. The maximum atomic E-state index is 14.3. The highest BCUT2D eigenvalue weighted by Gasteiger charge is 2.30. The zero-order valence-corrected chi connectivity index (χ0v) is 18.4. The topological polar surface area (TPSA) is 68.7 Å². The minimum atomic E-state index is -4.39. The fourth-order valence-electron chi connectivity index (χ4n) is 3.04. The minimum Gasteiger partial charge on any atom is -0.490 e. The normalized spacial score (nSPS) is 12.5. The number of rotatable bonds is 10. The lowest BCUT2D eigenvalue weighted by molar-refractivity contribution is -0.150. The van der Waals surface area contributed by atoms with E-state index in [2.05, 4.69) is 4.98 Å². The van der Waals surface area contributed by atoms with Crippen LogP contribution in [0.25, 0.3) is 10.6 Å². The third-order valence-corrected chi connectivity index (χ3v) is 5.63. The summed E-state index contributed by atoms with van der Waals surface area (Å²) in [5.74, 6) is -1.70. The number of aromatic nitrogens is 1. The second kappa shape index (κ2) is 10.8. The fraction of sp³-hybridized carbons (Fsp3) is 0.304. The second-order valence-corrected chi connectivity index (χ2v) is 7.93. The summed E-state index contributed by atoms with van der Waals surface area (Å²) in [5.41, 5.74) is 1.00. The Kier molecular flexibility index (Phi) is 8.04. The van der Waals surface area contributed by atoms with E-state index in [1.165, 1.54) is 35.6 Å². The summed E-state index contributed by atoms with van der Waals surface area (Å²) in [6.45, 7) is 2.06. The molecule has 1 aromatic heterocycles. The first kappa shape index (κ1) is 24.7. The molecule has 0 saturated heterocycles. The molecule has 3 aromatic rings. The van der Waals surface area contributed by atoms with Gasteiger partial charge in [-0.05, 0) is 36.8 Å². The van der Waals surface area contributed by atoms with E-state index < -0.39 is 29.6 Å². The number of hydrogen-bond donors (Lipinski definition) is 1. The lowest BCUT2D eigenvalue weighted by Crippen LogP contribution is -2.26. The zero-order valence-electron chi connectivity index (χ0n) is 17.6. The molecule has 5 nitrogen and oxygen atoms in total. The van der Waals surface area contributed by atoms with Crippen LogP contribution < -0.4 is 4.74 Å². The molecule has 0 aliphatic heterocycles. The zero-order chi connectivity index (χ0) is 24.0. The molecule has 0 amide bonds. The van der Waals surface area contributed by atoms with Gasteiger partial charge in [0.15, 0.2) is 17.7 Å². The molecule has 33 heavy (non-hydrogen) atoms. The van der Waals surface area contributed by atoms with Crippen LogP contribution in [-0.4, -0.2) is 35.4 Å². The number of hydrogen-bond acceptors (Lipinski definition) is 5. The highest BCUT2D eigenvalue weighted by atomic mass is 32.1. The van der Waals surface area contributed by atoms with Crippen LogP contribution in [0.5, 0.6) is 5.75 Å². The summed E-state index contributed by atoms with van der Waals surface area (Å²) in [6.07, 6.45) is -5.03. The number of aliphatic carboxylic acids is 1. The molecule has 0 saturated carbocycles. The number of carboxylic acid groups (broad SMARTS) is 1. The molecule has 2 aromatic carbocycles. The number of ether oxygens (including phenoxy) is 2.